The van der Waals surface area contributed by atoms with Gasteiger partial charge in [0.1, 0.15) is 5.82 Å². The van der Waals surface area contributed by atoms with Gasteiger partial charge in [-0.2, -0.15) is 10.4 Å². The molecule has 2 atom stereocenters. The molecule has 9 heteroatoms. The Labute approximate surface area is 218 Å². The molecule has 4 heterocycles. The van der Waals surface area contributed by atoms with Crippen molar-refractivity contribution in [3.8, 4) is 6.07 Å². The van der Waals surface area contributed by atoms with Gasteiger partial charge in [0, 0.05) is 43.1 Å². The highest BCUT2D eigenvalue weighted by atomic mass is 16.2. The maximum atomic E-state index is 13.0. The average Bonchev–Trinajstić information content (AvgIpc) is 3.35. The number of likely N-dealkylation sites (N-methyl/N-ethyl adjacent to an activating group) is 1. The number of hydrogen-bond acceptors (Lipinski definition) is 8. The van der Waals surface area contributed by atoms with Gasteiger partial charge >= 0.3 is 0 Å². The fraction of sp³-hybridized carbons (Fsp3) is 0.464. The Hall–Kier alpha value is -3.77. The lowest BCUT2D eigenvalue weighted by Gasteiger charge is -2.37. The Bertz CT molecular complexity index is 1360. The van der Waals surface area contributed by atoms with Crippen LogP contribution in [0.4, 0.5) is 11.6 Å². The summed E-state index contributed by atoms with van der Waals surface area (Å²) in [6, 6.07) is 10.1. The van der Waals surface area contributed by atoms with Crippen LogP contribution < -0.4 is 10.2 Å². The number of amides is 1. The van der Waals surface area contributed by atoms with E-state index in [2.05, 4.69) is 44.4 Å². The summed E-state index contributed by atoms with van der Waals surface area (Å²) < 4.78 is 0. The Morgan fingerprint density at radius 1 is 1.14 bits per heavy atom. The monoisotopic (exact) mass is 498 g/mol. The SMILES string of the molecule is Cc1c(C#N)cccc1[C@@H](C)Nc1nnc(C)c2cnc(N3CCN(C(=O)[C@@H]4CCCN4C)CC3)cc12. The number of nitrogens with zero attached hydrogens (tertiary/aromatic N) is 7. The number of nitriles is 1. The smallest absolute Gasteiger partial charge is 0.240 e. The van der Waals surface area contributed by atoms with Crippen molar-refractivity contribution in [1.82, 2.24) is 25.0 Å². The number of piperazine rings is 1. The molecular weight excluding hydrogens is 464 g/mol. The van der Waals surface area contributed by atoms with Gasteiger partial charge in [-0.3, -0.25) is 9.69 Å². The highest BCUT2D eigenvalue weighted by Crippen LogP contribution is 2.30. The lowest BCUT2D eigenvalue weighted by Crippen LogP contribution is -2.53. The molecule has 1 amide bonds. The molecule has 1 aromatic carbocycles. The van der Waals surface area contributed by atoms with Crippen molar-refractivity contribution in [1.29, 1.82) is 5.26 Å². The van der Waals surface area contributed by atoms with Crippen LogP contribution >= 0.6 is 0 Å². The van der Waals surface area contributed by atoms with Gasteiger partial charge in [-0.1, -0.05) is 12.1 Å². The first-order valence-corrected chi connectivity index (χ1v) is 13.0. The van der Waals surface area contributed by atoms with Gasteiger partial charge in [0.15, 0.2) is 5.82 Å². The molecule has 37 heavy (non-hydrogen) atoms. The van der Waals surface area contributed by atoms with Crippen LogP contribution in [-0.4, -0.2) is 76.7 Å². The summed E-state index contributed by atoms with van der Waals surface area (Å²) in [5, 5.41) is 23.7. The molecule has 0 spiro atoms. The number of fused-ring (bicyclic) bond motifs is 1. The summed E-state index contributed by atoms with van der Waals surface area (Å²) >= 11 is 0. The van der Waals surface area contributed by atoms with Crippen molar-refractivity contribution in [3.63, 3.8) is 0 Å². The van der Waals surface area contributed by atoms with Crippen molar-refractivity contribution in [3.05, 3.63) is 52.8 Å². The molecule has 5 rings (SSSR count). The van der Waals surface area contributed by atoms with E-state index in [0.29, 0.717) is 24.5 Å². The van der Waals surface area contributed by atoms with Crippen molar-refractivity contribution in [2.45, 2.75) is 45.7 Å². The van der Waals surface area contributed by atoms with Crippen LogP contribution in [0.25, 0.3) is 10.8 Å². The third-order valence-corrected chi connectivity index (χ3v) is 7.87. The molecule has 0 aliphatic carbocycles. The Morgan fingerprint density at radius 3 is 2.62 bits per heavy atom. The maximum Gasteiger partial charge on any atom is 0.240 e. The van der Waals surface area contributed by atoms with Crippen molar-refractivity contribution in [2.75, 3.05) is 50.0 Å². The lowest BCUT2D eigenvalue weighted by atomic mass is 9.98. The quantitative estimate of drug-likeness (QED) is 0.571. The largest absolute Gasteiger partial charge is 0.362 e. The van der Waals surface area contributed by atoms with Gasteiger partial charge in [0.25, 0.3) is 0 Å². The van der Waals surface area contributed by atoms with Crippen LogP contribution in [0.1, 0.15) is 48.2 Å². The van der Waals surface area contributed by atoms with Gasteiger partial charge in [-0.25, -0.2) is 4.98 Å². The summed E-state index contributed by atoms with van der Waals surface area (Å²) in [5.74, 6) is 1.83. The topological polar surface area (TPSA) is 101 Å². The standard InChI is InChI=1S/C28H34N8O/c1-18-21(16-29)7-5-8-22(18)19(2)31-27-23-15-26(30-17-24(23)20(3)32-33-27)35-11-13-36(14-12-35)28(37)25-9-6-10-34(25)4/h5,7-8,15,17,19,25H,6,9-14H2,1-4H3,(H,31,33)/t19-,25+/m1/s1. The predicted octanol–water partition coefficient (Wildman–Crippen LogP) is 3.43. The minimum absolute atomic E-state index is 0.0278. The van der Waals surface area contributed by atoms with E-state index in [4.69, 9.17) is 4.98 Å². The van der Waals surface area contributed by atoms with E-state index in [1.54, 1.807) is 0 Å². The summed E-state index contributed by atoms with van der Waals surface area (Å²) in [6.45, 7) is 9.88. The van der Waals surface area contributed by atoms with Crippen LogP contribution in [0, 0.1) is 25.2 Å². The van der Waals surface area contributed by atoms with Gasteiger partial charge in [0.05, 0.1) is 29.4 Å². The third-order valence-electron chi connectivity index (χ3n) is 7.87. The van der Waals surface area contributed by atoms with E-state index in [0.717, 1.165) is 65.9 Å². The molecular formula is C28H34N8O. The minimum Gasteiger partial charge on any atom is -0.362 e. The van der Waals surface area contributed by atoms with Crippen molar-refractivity contribution in [2.24, 2.45) is 0 Å². The van der Waals surface area contributed by atoms with Crippen LogP contribution in [0.3, 0.4) is 0 Å². The highest BCUT2D eigenvalue weighted by Gasteiger charge is 2.33. The van der Waals surface area contributed by atoms with E-state index in [-0.39, 0.29) is 18.0 Å². The van der Waals surface area contributed by atoms with Crippen LogP contribution in [0.15, 0.2) is 30.5 Å². The van der Waals surface area contributed by atoms with Gasteiger partial charge in [-0.15, -0.1) is 5.10 Å². The van der Waals surface area contributed by atoms with E-state index in [1.165, 1.54) is 0 Å². The lowest BCUT2D eigenvalue weighted by molar-refractivity contribution is -0.135. The summed E-state index contributed by atoms with van der Waals surface area (Å²) in [4.78, 5) is 24.2. The number of aromatic nitrogens is 3. The normalized spacial score (nSPS) is 19.2. The summed E-state index contributed by atoms with van der Waals surface area (Å²) in [7, 11) is 2.05. The van der Waals surface area contributed by atoms with E-state index >= 15 is 0 Å². The van der Waals surface area contributed by atoms with Crippen molar-refractivity contribution >= 4 is 28.3 Å². The summed E-state index contributed by atoms with van der Waals surface area (Å²) in [5.41, 5.74) is 3.52. The first-order chi connectivity index (χ1) is 17.9. The van der Waals surface area contributed by atoms with Crippen LogP contribution in [0.2, 0.25) is 0 Å². The zero-order valence-electron chi connectivity index (χ0n) is 22.0. The Morgan fingerprint density at radius 2 is 1.92 bits per heavy atom. The maximum absolute atomic E-state index is 13.0. The molecule has 2 aliphatic rings. The molecule has 2 saturated heterocycles. The second-order valence-electron chi connectivity index (χ2n) is 10.2. The zero-order valence-corrected chi connectivity index (χ0v) is 22.0. The number of benzene rings is 1. The molecule has 0 bridgehead atoms. The minimum atomic E-state index is -0.0617. The second kappa shape index (κ2) is 10.3. The van der Waals surface area contributed by atoms with E-state index in [9.17, 15) is 10.1 Å². The van der Waals surface area contributed by atoms with Gasteiger partial charge < -0.3 is 15.1 Å². The second-order valence-corrected chi connectivity index (χ2v) is 10.2. The fourth-order valence-corrected chi connectivity index (χ4v) is 5.56. The number of carbonyl (C=O) groups excluding carboxylic acids is 1. The van der Waals surface area contributed by atoms with Gasteiger partial charge in [0.2, 0.25) is 5.91 Å². The molecule has 2 aliphatic heterocycles. The summed E-state index contributed by atoms with van der Waals surface area (Å²) in [6.07, 6.45) is 3.92. The fourth-order valence-electron chi connectivity index (χ4n) is 5.56. The molecule has 0 radical (unpaired) electrons. The zero-order chi connectivity index (χ0) is 26.1. The van der Waals surface area contributed by atoms with Gasteiger partial charge in [-0.05, 0) is 70.5 Å². The van der Waals surface area contributed by atoms with E-state index < -0.39 is 0 Å². The Balaban J connectivity index is 1.36. The molecule has 192 valence electrons. The van der Waals surface area contributed by atoms with Crippen molar-refractivity contribution < 1.29 is 4.79 Å². The Kier molecular flexibility index (Phi) is 6.94. The molecule has 9 nitrogen and oxygen atoms in total. The number of pyridine rings is 1. The predicted molar refractivity (Wildman–Crippen MR) is 144 cm³/mol. The first kappa shape index (κ1) is 24.9. The number of hydrogen-bond donors (Lipinski definition) is 1. The highest BCUT2D eigenvalue weighted by molar-refractivity contribution is 5.94. The molecule has 3 aromatic rings. The number of rotatable bonds is 5. The van der Waals surface area contributed by atoms with Crippen LogP contribution in [-0.2, 0) is 4.79 Å². The number of anilines is 2. The third kappa shape index (κ3) is 4.81. The number of likely N-dealkylation sites (tertiary alicyclic amines) is 1. The number of carbonyl (C=O) groups is 1. The van der Waals surface area contributed by atoms with E-state index in [1.807, 2.05) is 50.2 Å². The molecule has 0 saturated carbocycles. The molecule has 1 N–H and O–H groups in total. The number of nitrogens with one attached hydrogen (secondary N) is 1. The number of aryl methyl sites for hydroxylation is 1. The molecule has 2 fully saturated rings. The average molecular weight is 499 g/mol. The molecule has 2 aromatic heterocycles. The van der Waals surface area contributed by atoms with Crippen LogP contribution in [0.5, 0.6) is 0 Å². The first-order valence-electron chi connectivity index (χ1n) is 13.0. The molecule has 0 unspecified atom stereocenters.